The van der Waals surface area contributed by atoms with Crippen molar-refractivity contribution in [1.82, 2.24) is 19.5 Å². The van der Waals surface area contributed by atoms with Gasteiger partial charge in [0.25, 0.3) is 5.56 Å². The molecule has 0 bridgehead atoms. The molecule has 2 aromatic rings. The molecule has 132 valence electrons. The van der Waals surface area contributed by atoms with Crippen LogP contribution in [0.4, 0.5) is 5.95 Å². The number of nitrogens with two attached hydrogens (primary N) is 1. The average Bonchev–Trinajstić information content (AvgIpc) is 3.04. The monoisotopic (exact) mass is 357 g/mol. The zero-order chi connectivity index (χ0) is 17.4. The zero-order valence-electron chi connectivity index (χ0n) is 12.9. The molecular formula is C13H19N5O5S. The van der Waals surface area contributed by atoms with Gasteiger partial charge in [0.2, 0.25) is 5.95 Å². The van der Waals surface area contributed by atoms with E-state index < -0.39 is 36.7 Å². The number of H-pyrrole nitrogens is 1. The Hall–Kier alpha value is -1.66. The third kappa shape index (κ3) is 2.78. The number of rotatable bonds is 5. The van der Waals surface area contributed by atoms with Crippen LogP contribution in [-0.4, -0.2) is 71.8 Å². The van der Waals surface area contributed by atoms with E-state index in [9.17, 15) is 20.1 Å². The molecule has 0 amide bonds. The summed E-state index contributed by atoms with van der Waals surface area (Å²) >= 11 is 1.59. The van der Waals surface area contributed by atoms with Gasteiger partial charge in [0, 0.05) is 12.2 Å². The molecule has 11 heteroatoms. The Kier molecular flexibility index (Phi) is 4.78. The maximum atomic E-state index is 12.1. The molecule has 1 saturated heterocycles. The molecule has 4 atom stereocenters. The molecule has 24 heavy (non-hydrogen) atoms. The quantitative estimate of drug-likeness (QED) is 0.417. The summed E-state index contributed by atoms with van der Waals surface area (Å²) in [5.74, 6) is 1.13. The molecule has 1 fully saturated rings. The minimum absolute atomic E-state index is 0.0815. The van der Waals surface area contributed by atoms with Gasteiger partial charge in [-0.2, -0.15) is 16.7 Å². The number of hydrogen-bond acceptors (Lipinski definition) is 9. The first-order chi connectivity index (χ1) is 11.5. The predicted molar refractivity (Wildman–Crippen MR) is 87.7 cm³/mol. The van der Waals surface area contributed by atoms with Crippen LogP contribution in [-0.2, 0) is 11.2 Å². The largest absolute Gasteiger partial charge is 0.394 e. The van der Waals surface area contributed by atoms with Crippen LogP contribution < -0.4 is 11.3 Å². The summed E-state index contributed by atoms with van der Waals surface area (Å²) in [6, 6.07) is 0. The first-order valence-corrected chi connectivity index (χ1v) is 8.75. The van der Waals surface area contributed by atoms with Crippen LogP contribution in [0.3, 0.4) is 0 Å². The number of anilines is 1. The highest BCUT2D eigenvalue weighted by Gasteiger charge is 2.44. The first-order valence-electron chi connectivity index (χ1n) is 7.36. The van der Waals surface area contributed by atoms with Crippen molar-refractivity contribution in [2.75, 3.05) is 24.3 Å². The minimum Gasteiger partial charge on any atom is -0.394 e. The summed E-state index contributed by atoms with van der Waals surface area (Å²) < 4.78 is 7.03. The smallest absolute Gasteiger partial charge is 0.280 e. The fourth-order valence-corrected chi connectivity index (χ4v) is 3.16. The van der Waals surface area contributed by atoms with E-state index in [0.717, 1.165) is 5.75 Å². The van der Waals surface area contributed by atoms with Crippen LogP contribution in [0.25, 0.3) is 11.2 Å². The van der Waals surface area contributed by atoms with Crippen molar-refractivity contribution in [1.29, 1.82) is 0 Å². The Bertz CT molecular complexity index is 793. The molecule has 0 spiro atoms. The molecule has 10 nitrogen and oxygen atoms in total. The summed E-state index contributed by atoms with van der Waals surface area (Å²) in [7, 11) is 0. The van der Waals surface area contributed by atoms with Crippen molar-refractivity contribution < 1.29 is 20.1 Å². The van der Waals surface area contributed by atoms with Gasteiger partial charge in [-0.15, -0.1) is 0 Å². The number of thioether (sulfide) groups is 1. The first kappa shape index (κ1) is 17.2. The van der Waals surface area contributed by atoms with Crippen LogP contribution >= 0.6 is 11.8 Å². The third-order valence-electron chi connectivity index (χ3n) is 3.94. The second kappa shape index (κ2) is 6.69. The summed E-state index contributed by atoms with van der Waals surface area (Å²) in [4.78, 5) is 22.8. The molecular weight excluding hydrogens is 338 g/mol. The van der Waals surface area contributed by atoms with Gasteiger partial charge in [0.05, 0.1) is 6.61 Å². The van der Waals surface area contributed by atoms with Gasteiger partial charge in [-0.3, -0.25) is 14.3 Å². The topological polar surface area (TPSA) is 160 Å². The standard InChI is InChI=1S/C13H19N5O5S/c1-24-3-2-6-15-7-10(16-13(14)17-11(7)22)18(6)12-9(21)8(20)5(4-19)23-12/h5,8-9,12,19-21H,2-4H2,1H3,(H3,14,16,17,22)/t5-,8?,9?,12-/m1/s1. The number of nitrogen functional groups attached to an aromatic ring is 1. The number of aliphatic hydroxyl groups excluding tert-OH is 3. The molecule has 2 aromatic heterocycles. The summed E-state index contributed by atoms with van der Waals surface area (Å²) in [5, 5.41) is 29.5. The van der Waals surface area contributed by atoms with Crippen molar-refractivity contribution in [3.63, 3.8) is 0 Å². The van der Waals surface area contributed by atoms with Crippen LogP contribution in [0.2, 0.25) is 0 Å². The number of fused-ring (bicyclic) bond motifs is 1. The highest BCUT2D eigenvalue weighted by molar-refractivity contribution is 7.98. The number of aliphatic hydroxyl groups is 3. The average molecular weight is 357 g/mol. The molecule has 0 aromatic carbocycles. The van der Waals surface area contributed by atoms with Gasteiger partial charge < -0.3 is 25.8 Å². The lowest BCUT2D eigenvalue weighted by Crippen LogP contribution is -2.33. The van der Waals surface area contributed by atoms with E-state index >= 15 is 0 Å². The summed E-state index contributed by atoms with van der Waals surface area (Å²) in [6.45, 7) is -0.447. The van der Waals surface area contributed by atoms with Crippen LogP contribution in [0.1, 0.15) is 12.1 Å². The normalized spacial score (nSPS) is 27.2. The van der Waals surface area contributed by atoms with Crippen LogP contribution in [0.5, 0.6) is 0 Å². The number of aryl methyl sites for hydroxylation is 1. The number of imidazole rings is 1. The van der Waals surface area contributed by atoms with Crippen molar-refractivity contribution >= 4 is 28.9 Å². The van der Waals surface area contributed by atoms with E-state index in [1.54, 1.807) is 11.8 Å². The minimum atomic E-state index is -1.30. The molecule has 3 rings (SSSR count). The highest BCUT2D eigenvalue weighted by atomic mass is 32.2. The zero-order valence-corrected chi connectivity index (χ0v) is 13.7. The Morgan fingerprint density at radius 1 is 1.38 bits per heavy atom. The Morgan fingerprint density at radius 3 is 2.75 bits per heavy atom. The van der Waals surface area contributed by atoms with Gasteiger partial charge in [0.1, 0.15) is 24.1 Å². The van der Waals surface area contributed by atoms with Gasteiger partial charge >= 0.3 is 0 Å². The fraction of sp³-hybridized carbons (Fsp3) is 0.615. The predicted octanol–water partition coefficient (Wildman–Crippen LogP) is -1.78. The molecule has 3 heterocycles. The highest BCUT2D eigenvalue weighted by Crippen LogP contribution is 2.32. The number of nitrogens with zero attached hydrogens (tertiary/aromatic N) is 3. The number of aromatic nitrogens is 4. The van der Waals surface area contributed by atoms with Crippen molar-refractivity contribution in [2.45, 2.75) is 31.0 Å². The maximum absolute atomic E-state index is 12.1. The Balaban J connectivity index is 2.15. The van der Waals surface area contributed by atoms with Crippen molar-refractivity contribution in [2.24, 2.45) is 0 Å². The molecule has 0 saturated carbocycles. The second-order valence-corrected chi connectivity index (χ2v) is 6.48. The van der Waals surface area contributed by atoms with E-state index in [4.69, 9.17) is 10.5 Å². The van der Waals surface area contributed by atoms with E-state index in [0.29, 0.717) is 12.2 Å². The molecule has 0 radical (unpaired) electrons. The second-order valence-electron chi connectivity index (χ2n) is 5.49. The molecule has 2 unspecified atom stereocenters. The SMILES string of the molecule is CSCCc1nc2c(=O)[nH]c(N)nc2n1[C@@H]1O[C@H](CO)C(O)C1O. The van der Waals surface area contributed by atoms with E-state index in [2.05, 4.69) is 15.0 Å². The molecule has 0 aliphatic carbocycles. The lowest BCUT2D eigenvalue weighted by Gasteiger charge is -2.19. The summed E-state index contributed by atoms with van der Waals surface area (Å²) in [6.07, 6.45) is -2.07. The number of ether oxygens (including phenoxy) is 1. The third-order valence-corrected chi connectivity index (χ3v) is 4.56. The van der Waals surface area contributed by atoms with Crippen molar-refractivity contribution in [3.05, 3.63) is 16.2 Å². The van der Waals surface area contributed by atoms with Gasteiger partial charge in [0.15, 0.2) is 17.4 Å². The van der Waals surface area contributed by atoms with E-state index in [1.165, 1.54) is 4.57 Å². The molecule has 1 aliphatic rings. The number of hydrogen-bond donors (Lipinski definition) is 5. The van der Waals surface area contributed by atoms with Gasteiger partial charge in [-0.25, -0.2) is 4.98 Å². The Labute approximate surface area is 140 Å². The summed E-state index contributed by atoms with van der Waals surface area (Å²) in [5.41, 5.74) is 5.37. The molecule has 6 N–H and O–H groups in total. The van der Waals surface area contributed by atoms with Gasteiger partial charge in [-0.05, 0) is 6.26 Å². The number of aromatic amines is 1. The van der Waals surface area contributed by atoms with Gasteiger partial charge in [-0.1, -0.05) is 0 Å². The lowest BCUT2D eigenvalue weighted by molar-refractivity contribution is -0.0521. The lowest BCUT2D eigenvalue weighted by atomic mass is 10.1. The Morgan fingerprint density at radius 2 is 2.12 bits per heavy atom. The fourth-order valence-electron chi connectivity index (χ4n) is 2.78. The van der Waals surface area contributed by atoms with E-state index in [1.807, 2.05) is 6.26 Å². The molecule has 1 aliphatic heterocycles. The van der Waals surface area contributed by atoms with Crippen molar-refractivity contribution in [3.8, 4) is 0 Å². The van der Waals surface area contributed by atoms with Crippen LogP contribution in [0.15, 0.2) is 4.79 Å². The van der Waals surface area contributed by atoms with Crippen LogP contribution in [0, 0.1) is 0 Å². The number of nitrogens with one attached hydrogen (secondary N) is 1. The maximum Gasteiger partial charge on any atom is 0.280 e. The van der Waals surface area contributed by atoms with E-state index in [-0.39, 0.29) is 17.1 Å².